The lowest BCUT2D eigenvalue weighted by Gasteiger charge is -2.33. The van der Waals surface area contributed by atoms with Gasteiger partial charge >= 0.3 is 11.9 Å². The first-order chi connectivity index (χ1) is 20.8. The minimum Gasteiger partial charge on any atom is -0.493 e. The molecule has 4 rings (SSSR count). The zero-order valence-corrected chi connectivity index (χ0v) is 25.7. The Hall–Kier alpha value is -3.90. The highest BCUT2D eigenvalue weighted by Gasteiger charge is 2.30. The zero-order valence-electron chi connectivity index (χ0n) is 24.9. The number of hydrogen-bond donors (Lipinski definition) is 5. The van der Waals surface area contributed by atoms with E-state index in [-0.39, 0.29) is 16.3 Å². The molecule has 2 atom stereocenters. The number of nitrogens with one attached hydrogen (secondary N) is 1. The van der Waals surface area contributed by atoms with Gasteiger partial charge in [0.25, 0.3) is 5.56 Å². The second-order valence-electron chi connectivity index (χ2n) is 9.92. The van der Waals surface area contributed by atoms with Gasteiger partial charge in [-0.05, 0) is 45.0 Å². The summed E-state index contributed by atoms with van der Waals surface area (Å²) in [5.74, 6) is -2.15. The lowest BCUT2D eigenvalue weighted by Crippen LogP contribution is -2.48. The number of H-pyrrole nitrogens is 1. The number of aromatic nitrogens is 4. The number of rotatable bonds is 11. The number of nitrogens with zero attached hydrogens (tertiary/aromatic N) is 5. The molecule has 0 radical (unpaired) electrons. The van der Waals surface area contributed by atoms with E-state index < -0.39 is 34.2 Å². The van der Waals surface area contributed by atoms with E-state index in [1.54, 1.807) is 29.6 Å². The maximum atomic E-state index is 13.4. The van der Waals surface area contributed by atoms with Gasteiger partial charge in [0.1, 0.15) is 11.6 Å². The average Bonchev–Trinajstić information content (AvgIpc) is 3.32. The van der Waals surface area contributed by atoms with Gasteiger partial charge in [-0.2, -0.15) is 4.31 Å². The number of sulfonamides is 1. The van der Waals surface area contributed by atoms with E-state index in [4.69, 9.17) is 25.2 Å². The van der Waals surface area contributed by atoms with Crippen LogP contribution in [0.5, 0.6) is 5.75 Å². The third-order valence-corrected chi connectivity index (χ3v) is 8.84. The molecular weight excluding hydrogens is 600 g/mol. The standard InChI is InChI=1S/C23H32N6O4S.C4H6O6/c1-5-8-20-24-16(4)21-23(30)25-22(26-29(20)21)18-15-17(9-10-19(18)33-7-3)34(31,32)28-13-11-27(6-2)12-14-28;5-1(3(7)8)2(6)4(9)10/h9-10,15H,5-8,11-14H2,1-4H3,(H,25,26,30);1-2,5-6H,(H,7,8)(H,9,10). The predicted octanol–water partition coefficient (Wildman–Crippen LogP) is -0.0522. The van der Waals surface area contributed by atoms with Crippen molar-refractivity contribution in [1.82, 2.24) is 28.8 Å². The Morgan fingerprint density at radius 2 is 1.66 bits per heavy atom. The fraction of sp³-hybridized carbons (Fsp3) is 0.519. The predicted molar refractivity (Wildman–Crippen MR) is 157 cm³/mol. The van der Waals surface area contributed by atoms with Crippen molar-refractivity contribution in [2.75, 3.05) is 39.3 Å². The summed E-state index contributed by atoms with van der Waals surface area (Å²) < 4.78 is 35.7. The second kappa shape index (κ2) is 14.7. The normalized spacial score (nSPS) is 15.8. The van der Waals surface area contributed by atoms with Crippen molar-refractivity contribution in [2.45, 2.75) is 57.6 Å². The van der Waals surface area contributed by atoms with Gasteiger partial charge in [0.15, 0.2) is 23.5 Å². The van der Waals surface area contributed by atoms with Crippen molar-refractivity contribution >= 4 is 27.5 Å². The summed E-state index contributed by atoms with van der Waals surface area (Å²) in [6.45, 7) is 11.3. The number of aryl methyl sites for hydroxylation is 2. The minimum absolute atomic E-state index is 0.147. The summed E-state index contributed by atoms with van der Waals surface area (Å²) in [5, 5.41) is 37.2. The van der Waals surface area contributed by atoms with Gasteiger partial charge in [-0.15, -0.1) is 5.10 Å². The lowest BCUT2D eigenvalue weighted by molar-refractivity contribution is -0.165. The largest absolute Gasteiger partial charge is 0.493 e. The summed E-state index contributed by atoms with van der Waals surface area (Å²) in [4.78, 5) is 42.2. The number of hydrogen-bond acceptors (Lipinski definition) is 11. The molecular formula is C27H38N6O10S. The van der Waals surface area contributed by atoms with Crippen LogP contribution in [0.3, 0.4) is 0 Å². The zero-order chi connectivity index (χ0) is 32.8. The Balaban J connectivity index is 0.000000456. The molecule has 0 saturated carbocycles. The first-order valence-electron chi connectivity index (χ1n) is 14.1. The molecule has 242 valence electrons. The van der Waals surface area contributed by atoms with Gasteiger partial charge in [-0.3, -0.25) is 4.79 Å². The van der Waals surface area contributed by atoms with E-state index in [0.29, 0.717) is 67.6 Å². The third-order valence-electron chi connectivity index (χ3n) is 6.94. The van der Waals surface area contributed by atoms with Crippen LogP contribution < -0.4 is 10.3 Å². The molecule has 0 spiro atoms. The van der Waals surface area contributed by atoms with Gasteiger partial charge in [0.05, 0.1) is 22.8 Å². The van der Waals surface area contributed by atoms with E-state index >= 15 is 0 Å². The van der Waals surface area contributed by atoms with Crippen LogP contribution in [0.25, 0.3) is 16.9 Å². The van der Waals surface area contributed by atoms with Crippen LogP contribution in [0.4, 0.5) is 0 Å². The number of carboxylic acid groups (broad SMARTS) is 2. The van der Waals surface area contributed by atoms with Crippen LogP contribution in [0.2, 0.25) is 0 Å². The first kappa shape index (κ1) is 34.6. The average molecular weight is 639 g/mol. The molecule has 5 N–H and O–H groups in total. The van der Waals surface area contributed by atoms with E-state index in [2.05, 4.69) is 26.9 Å². The number of carboxylic acids is 2. The Morgan fingerprint density at radius 3 is 2.18 bits per heavy atom. The van der Waals surface area contributed by atoms with E-state index in [1.165, 1.54) is 4.31 Å². The molecule has 16 nitrogen and oxygen atoms in total. The summed E-state index contributed by atoms with van der Waals surface area (Å²) in [7, 11) is -3.71. The Bertz CT molecular complexity index is 1630. The van der Waals surface area contributed by atoms with Gasteiger partial charge in [0, 0.05) is 32.6 Å². The second-order valence-corrected chi connectivity index (χ2v) is 11.9. The topological polar surface area (TPSA) is 228 Å². The molecule has 0 aliphatic carbocycles. The number of piperazine rings is 1. The highest BCUT2D eigenvalue weighted by Crippen LogP contribution is 2.31. The SMILES string of the molecule is CCCc1nc(C)c2c(=O)[nH]c(-c3cc(S(=O)(=O)N4CCN(CC)CC4)ccc3OCC)nn12.O=C(O)C(O)C(O)C(=O)O. The molecule has 1 fully saturated rings. The third kappa shape index (κ3) is 7.59. The molecule has 1 saturated heterocycles. The number of aliphatic carboxylic acids is 2. The molecule has 17 heteroatoms. The quantitative estimate of drug-likeness (QED) is 0.186. The lowest BCUT2D eigenvalue weighted by atomic mass is 10.2. The van der Waals surface area contributed by atoms with Gasteiger partial charge in [-0.25, -0.2) is 27.5 Å². The van der Waals surface area contributed by atoms with Gasteiger partial charge in [-0.1, -0.05) is 13.8 Å². The molecule has 1 aliphatic heterocycles. The number of aliphatic hydroxyl groups is 2. The summed E-state index contributed by atoms with van der Waals surface area (Å²) in [6, 6.07) is 4.72. The van der Waals surface area contributed by atoms with E-state index in [9.17, 15) is 22.8 Å². The molecule has 1 aliphatic rings. The smallest absolute Gasteiger partial charge is 0.335 e. The molecule has 2 unspecified atom stereocenters. The first-order valence-corrected chi connectivity index (χ1v) is 15.5. The number of ether oxygens (including phenoxy) is 1. The van der Waals surface area contributed by atoms with Crippen LogP contribution in [0.15, 0.2) is 27.9 Å². The molecule has 44 heavy (non-hydrogen) atoms. The Labute approximate surface area is 253 Å². The van der Waals surface area contributed by atoms with Crippen molar-refractivity contribution in [3.8, 4) is 17.1 Å². The van der Waals surface area contributed by atoms with Crippen molar-refractivity contribution in [3.63, 3.8) is 0 Å². The molecule has 3 aromatic rings. The van der Waals surface area contributed by atoms with Crippen LogP contribution in [0, 0.1) is 6.92 Å². The van der Waals surface area contributed by atoms with Gasteiger partial charge in [0.2, 0.25) is 10.0 Å². The molecule has 1 aromatic carbocycles. The monoisotopic (exact) mass is 638 g/mol. The maximum absolute atomic E-state index is 13.4. The number of fused-ring (bicyclic) bond motifs is 1. The van der Waals surface area contributed by atoms with Crippen LogP contribution in [-0.2, 0) is 26.0 Å². The highest BCUT2D eigenvalue weighted by molar-refractivity contribution is 7.89. The molecule has 0 bridgehead atoms. The minimum atomic E-state index is -3.71. The number of carbonyl (C=O) groups is 2. The summed E-state index contributed by atoms with van der Waals surface area (Å²) in [5.41, 5.74) is 1.09. The number of likely N-dealkylation sites (N-methyl/N-ethyl adjacent to an activating group) is 1. The molecule has 3 heterocycles. The van der Waals surface area contributed by atoms with Crippen LogP contribution in [0.1, 0.15) is 38.7 Å². The maximum Gasteiger partial charge on any atom is 0.335 e. The number of imidazole rings is 1. The highest BCUT2D eigenvalue weighted by atomic mass is 32.2. The van der Waals surface area contributed by atoms with Crippen molar-refractivity contribution in [1.29, 1.82) is 0 Å². The van der Waals surface area contributed by atoms with Crippen molar-refractivity contribution in [3.05, 3.63) is 40.1 Å². The fourth-order valence-electron chi connectivity index (χ4n) is 4.58. The summed E-state index contributed by atoms with van der Waals surface area (Å²) >= 11 is 0. The van der Waals surface area contributed by atoms with E-state index in [0.717, 1.165) is 13.0 Å². The van der Waals surface area contributed by atoms with Crippen LogP contribution >= 0.6 is 0 Å². The van der Waals surface area contributed by atoms with Crippen molar-refractivity contribution < 1.29 is 43.2 Å². The summed E-state index contributed by atoms with van der Waals surface area (Å²) in [6.07, 6.45) is -3.01. The molecule has 2 aromatic heterocycles. The molecule has 0 amide bonds. The number of benzene rings is 1. The van der Waals surface area contributed by atoms with Crippen molar-refractivity contribution in [2.24, 2.45) is 0 Å². The fourth-order valence-corrected chi connectivity index (χ4v) is 6.03. The van der Waals surface area contributed by atoms with Crippen LogP contribution in [-0.4, -0.2) is 121 Å². The Morgan fingerprint density at radius 1 is 1.05 bits per heavy atom. The Kier molecular flexibility index (Phi) is 11.6. The van der Waals surface area contributed by atoms with E-state index in [1.807, 2.05) is 13.8 Å². The number of aromatic amines is 1. The van der Waals surface area contributed by atoms with Gasteiger partial charge < -0.3 is 35.0 Å². The number of aliphatic hydroxyl groups excluding tert-OH is 2.